The number of hydrogen-bond donors (Lipinski definition) is 1. The highest BCUT2D eigenvalue weighted by Gasteiger charge is 2.30. The number of aromatic hydroxyl groups is 1. The van der Waals surface area contributed by atoms with Gasteiger partial charge in [0.2, 0.25) is 0 Å². The van der Waals surface area contributed by atoms with Crippen molar-refractivity contribution >= 4 is 23.4 Å². The number of phenolic OH excluding ortho intramolecular Hbond substituents is 1. The van der Waals surface area contributed by atoms with Crippen LogP contribution in [0.4, 0.5) is 0 Å². The zero-order valence-electron chi connectivity index (χ0n) is 20.9. The van der Waals surface area contributed by atoms with Crippen LogP contribution in [0.2, 0.25) is 0 Å². The number of carbonyl (C=O) groups excluding carboxylic acids is 3. The molecule has 0 aliphatic heterocycles. The van der Waals surface area contributed by atoms with Gasteiger partial charge in [-0.3, -0.25) is 14.4 Å². The zero-order chi connectivity index (χ0) is 25.5. The fraction of sp³-hybridized carbons (Fsp3) is 0.414. The Hall–Kier alpha value is -3.41. The van der Waals surface area contributed by atoms with Crippen molar-refractivity contribution in [3.63, 3.8) is 0 Å². The smallest absolute Gasteiger partial charge is 0.170 e. The van der Waals surface area contributed by atoms with Gasteiger partial charge in [-0.05, 0) is 54.2 Å². The molecule has 6 nitrogen and oxygen atoms in total. The van der Waals surface area contributed by atoms with Crippen molar-refractivity contribution in [1.29, 1.82) is 0 Å². The van der Waals surface area contributed by atoms with Crippen LogP contribution in [0.1, 0.15) is 61.0 Å². The maximum absolute atomic E-state index is 13.1. The molecular formula is C29H34O6. The van der Waals surface area contributed by atoms with Crippen molar-refractivity contribution in [2.75, 3.05) is 14.2 Å². The van der Waals surface area contributed by atoms with Gasteiger partial charge in [0.1, 0.15) is 17.3 Å². The molecule has 0 aromatic heterocycles. The Labute approximate surface area is 207 Å². The van der Waals surface area contributed by atoms with E-state index in [-0.39, 0.29) is 47.8 Å². The van der Waals surface area contributed by atoms with E-state index in [2.05, 4.69) is 0 Å². The Morgan fingerprint density at radius 1 is 1.03 bits per heavy atom. The summed E-state index contributed by atoms with van der Waals surface area (Å²) in [5.74, 6) is 0.235. The number of phenols is 1. The van der Waals surface area contributed by atoms with Crippen LogP contribution in [0.15, 0.2) is 42.5 Å². The van der Waals surface area contributed by atoms with E-state index < -0.39 is 5.92 Å². The van der Waals surface area contributed by atoms with Crippen LogP contribution >= 0.6 is 0 Å². The quantitative estimate of drug-likeness (QED) is 0.436. The van der Waals surface area contributed by atoms with Crippen LogP contribution < -0.4 is 9.47 Å². The average Bonchev–Trinajstić information content (AvgIpc) is 2.84. The van der Waals surface area contributed by atoms with Gasteiger partial charge < -0.3 is 14.6 Å². The van der Waals surface area contributed by atoms with Crippen molar-refractivity contribution < 1.29 is 29.0 Å². The zero-order valence-corrected chi connectivity index (χ0v) is 20.9. The lowest BCUT2D eigenvalue weighted by atomic mass is 9.80. The molecule has 2 atom stereocenters. The van der Waals surface area contributed by atoms with Gasteiger partial charge in [-0.1, -0.05) is 38.1 Å². The SMILES string of the molecule is COc1cc2c(cc1OC)C(=O)C(CC(=O)C[C@H](C(=O)CCCc1ccc(O)cc1)C(C)C)C=C2. The number of ketones is 3. The van der Waals surface area contributed by atoms with Gasteiger partial charge in [0.25, 0.3) is 0 Å². The minimum absolute atomic E-state index is 0.0372. The largest absolute Gasteiger partial charge is 0.508 e. The van der Waals surface area contributed by atoms with Crippen LogP contribution in [0, 0.1) is 17.8 Å². The molecule has 1 N–H and O–H groups in total. The molecule has 0 saturated heterocycles. The third-order valence-corrected chi connectivity index (χ3v) is 6.60. The molecule has 2 aromatic carbocycles. The van der Waals surface area contributed by atoms with Gasteiger partial charge in [-0.25, -0.2) is 0 Å². The molecule has 1 aliphatic rings. The van der Waals surface area contributed by atoms with E-state index in [9.17, 15) is 19.5 Å². The van der Waals surface area contributed by atoms with E-state index in [0.29, 0.717) is 29.9 Å². The molecule has 1 aliphatic carbocycles. The summed E-state index contributed by atoms with van der Waals surface area (Å²) in [6.07, 6.45) is 5.64. The lowest BCUT2D eigenvalue weighted by Gasteiger charge is -2.22. The van der Waals surface area contributed by atoms with Gasteiger partial charge in [-0.2, -0.15) is 0 Å². The van der Waals surface area contributed by atoms with Crippen LogP contribution in [-0.4, -0.2) is 36.7 Å². The number of Topliss-reactive ketones (excluding diaryl/α,β-unsaturated/α-hetero) is 3. The summed E-state index contributed by atoms with van der Waals surface area (Å²) < 4.78 is 10.6. The molecule has 0 heterocycles. The monoisotopic (exact) mass is 478 g/mol. The fourth-order valence-electron chi connectivity index (χ4n) is 4.52. The van der Waals surface area contributed by atoms with Gasteiger partial charge in [0, 0.05) is 36.7 Å². The van der Waals surface area contributed by atoms with Gasteiger partial charge in [0.15, 0.2) is 17.3 Å². The van der Waals surface area contributed by atoms with Crippen molar-refractivity contribution in [2.24, 2.45) is 17.8 Å². The number of rotatable bonds is 12. The molecule has 3 rings (SSSR count). The number of hydrogen-bond acceptors (Lipinski definition) is 6. The molecule has 0 bridgehead atoms. The highest BCUT2D eigenvalue weighted by molar-refractivity contribution is 6.07. The number of ether oxygens (including phenoxy) is 2. The molecule has 0 spiro atoms. The Bertz CT molecular complexity index is 1100. The lowest BCUT2D eigenvalue weighted by molar-refractivity contribution is -0.129. The topological polar surface area (TPSA) is 89.9 Å². The highest BCUT2D eigenvalue weighted by Crippen LogP contribution is 2.35. The molecule has 186 valence electrons. The summed E-state index contributed by atoms with van der Waals surface area (Å²) in [6.45, 7) is 3.91. The normalized spacial score (nSPS) is 15.6. The number of carbonyl (C=O) groups is 3. The Kier molecular flexibility index (Phi) is 8.85. The molecule has 0 fully saturated rings. The minimum Gasteiger partial charge on any atom is -0.508 e. The molecule has 35 heavy (non-hydrogen) atoms. The molecule has 0 amide bonds. The van der Waals surface area contributed by atoms with Crippen molar-refractivity contribution in [2.45, 2.75) is 46.0 Å². The van der Waals surface area contributed by atoms with Gasteiger partial charge in [-0.15, -0.1) is 0 Å². The van der Waals surface area contributed by atoms with Gasteiger partial charge in [0.05, 0.1) is 14.2 Å². The first kappa shape index (κ1) is 26.2. The number of allylic oxidation sites excluding steroid dienone is 1. The van der Waals surface area contributed by atoms with Crippen LogP contribution in [0.25, 0.3) is 6.08 Å². The number of aryl methyl sites for hydroxylation is 1. The Balaban J connectivity index is 1.59. The summed E-state index contributed by atoms with van der Waals surface area (Å²) in [7, 11) is 3.06. The summed E-state index contributed by atoms with van der Waals surface area (Å²) in [4.78, 5) is 38.9. The third-order valence-electron chi connectivity index (χ3n) is 6.60. The number of fused-ring (bicyclic) bond motifs is 1. The Morgan fingerprint density at radius 2 is 1.69 bits per heavy atom. The van der Waals surface area contributed by atoms with Crippen LogP contribution in [-0.2, 0) is 16.0 Å². The summed E-state index contributed by atoms with van der Waals surface area (Å²) >= 11 is 0. The second-order valence-corrected chi connectivity index (χ2v) is 9.41. The van der Waals surface area contributed by atoms with E-state index in [4.69, 9.17) is 9.47 Å². The highest BCUT2D eigenvalue weighted by atomic mass is 16.5. The molecule has 0 saturated carbocycles. The summed E-state index contributed by atoms with van der Waals surface area (Å²) in [5.41, 5.74) is 2.30. The maximum Gasteiger partial charge on any atom is 0.170 e. The minimum atomic E-state index is -0.550. The molecule has 0 radical (unpaired) electrons. The first-order chi connectivity index (χ1) is 16.7. The van der Waals surface area contributed by atoms with Crippen molar-refractivity contribution in [3.05, 3.63) is 59.2 Å². The van der Waals surface area contributed by atoms with Crippen molar-refractivity contribution in [1.82, 2.24) is 0 Å². The third kappa shape index (κ3) is 6.59. The fourth-order valence-corrected chi connectivity index (χ4v) is 4.52. The summed E-state index contributed by atoms with van der Waals surface area (Å²) in [6, 6.07) is 10.4. The predicted octanol–water partition coefficient (Wildman–Crippen LogP) is 5.45. The van der Waals surface area contributed by atoms with E-state index in [1.807, 2.05) is 32.1 Å². The first-order valence-electron chi connectivity index (χ1n) is 12.0. The van der Waals surface area contributed by atoms with E-state index >= 15 is 0 Å². The number of benzene rings is 2. The average molecular weight is 479 g/mol. The number of methoxy groups -OCH3 is 2. The van der Waals surface area contributed by atoms with Gasteiger partial charge >= 0.3 is 0 Å². The lowest BCUT2D eigenvalue weighted by Crippen LogP contribution is -2.26. The van der Waals surface area contributed by atoms with E-state index in [1.165, 1.54) is 7.11 Å². The maximum atomic E-state index is 13.1. The molecule has 6 heteroatoms. The van der Waals surface area contributed by atoms with Crippen LogP contribution in [0.3, 0.4) is 0 Å². The molecule has 2 aromatic rings. The standard InChI is InChI=1S/C29H34O6/c1-18(2)24(26(32)7-5-6-19-8-12-22(30)13-9-19)16-23(31)14-21-11-10-20-15-27(34-3)28(35-4)17-25(20)29(21)33/h8-13,15,17-18,21,24,30H,5-7,14,16H2,1-4H3/t21?,24-/m0/s1. The summed E-state index contributed by atoms with van der Waals surface area (Å²) in [5, 5.41) is 9.39. The second-order valence-electron chi connectivity index (χ2n) is 9.41. The second kappa shape index (κ2) is 11.8. The van der Waals surface area contributed by atoms with E-state index in [0.717, 1.165) is 17.5 Å². The van der Waals surface area contributed by atoms with E-state index in [1.54, 1.807) is 37.5 Å². The van der Waals surface area contributed by atoms with Crippen molar-refractivity contribution in [3.8, 4) is 17.2 Å². The Morgan fingerprint density at radius 3 is 2.31 bits per heavy atom. The molecule has 1 unspecified atom stereocenters. The molecular weight excluding hydrogens is 444 g/mol. The predicted molar refractivity (Wildman–Crippen MR) is 135 cm³/mol. The first-order valence-corrected chi connectivity index (χ1v) is 12.0. The van der Waals surface area contributed by atoms with Crippen LogP contribution in [0.5, 0.6) is 17.2 Å².